The molecule has 0 amide bonds. The normalized spacial score (nSPS) is 10.0. The molecule has 11 heteroatoms. The average molecular weight is 271 g/mol. The molecule has 1 rings (SSSR count). The molecule has 0 fully saturated rings. The number of nitrogens with zero attached hydrogens (tertiary/aromatic N) is 4. The number of anilines is 2. The van der Waals surface area contributed by atoms with Crippen molar-refractivity contribution in [3.8, 4) is 0 Å². The van der Waals surface area contributed by atoms with Gasteiger partial charge in [0.05, 0.1) is 20.8 Å². The standard InChI is InChI=1S/C8H9N5O6/c1-10(2)7-5(12(16)17)3-4(11(14)15)6(9)8(7)13(18)19/h3H,9H2,1-2H3. The lowest BCUT2D eigenvalue weighted by Gasteiger charge is -2.13. The molecule has 102 valence electrons. The van der Waals surface area contributed by atoms with Crippen LogP contribution in [0.25, 0.3) is 0 Å². The smallest absolute Gasteiger partial charge is 0.329 e. The van der Waals surface area contributed by atoms with Crippen molar-refractivity contribution in [3.63, 3.8) is 0 Å². The number of nitrogens with two attached hydrogens (primary N) is 1. The number of nitro benzene ring substituents is 3. The fourth-order valence-electron chi connectivity index (χ4n) is 1.56. The van der Waals surface area contributed by atoms with Gasteiger partial charge in [0.25, 0.3) is 0 Å². The molecule has 2 N–H and O–H groups in total. The van der Waals surface area contributed by atoms with Gasteiger partial charge in [-0.05, 0) is 0 Å². The Hall–Kier alpha value is -2.98. The first-order chi connectivity index (χ1) is 8.68. The fourth-order valence-corrected chi connectivity index (χ4v) is 1.56. The molecule has 0 saturated carbocycles. The van der Waals surface area contributed by atoms with Gasteiger partial charge in [0, 0.05) is 14.1 Å². The van der Waals surface area contributed by atoms with Crippen molar-refractivity contribution in [2.45, 2.75) is 0 Å². The van der Waals surface area contributed by atoms with E-state index in [0.717, 1.165) is 4.90 Å². The summed E-state index contributed by atoms with van der Waals surface area (Å²) in [5.74, 6) is 0. The zero-order valence-corrected chi connectivity index (χ0v) is 9.89. The number of hydrogen-bond donors (Lipinski definition) is 1. The number of rotatable bonds is 4. The summed E-state index contributed by atoms with van der Waals surface area (Å²) in [5.41, 5.74) is 1.77. The van der Waals surface area contributed by atoms with Crippen molar-refractivity contribution < 1.29 is 14.8 Å². The molecule has 1 aromatic rings. The lowest BCUT2D eigenvalue weighted by Crippen LogP contribution is -2.15. The topological polar surface area (TPSA) is 159 Å². The Morgan fingerprint density at radius 2 is 1.47 bits per heavy atom. The first kappa shape index (κ1) is 14.1. The van der Waals surface area contributed by atoms with Crippen LogP contribution in [0.1, 0.15) is 0 Å². The molecule has 0 unspecified atom stereocenters. The number of hydrogen-bond acceptors (Lipinski definition) is 8. The third-order valence-electron chi connectivity index (χ3n) is 2.29. The first-order valence-corrected chi connectivity index (χ1v) is 4.75. The highest BCUT2D eigenvalue weighted by molar-refractivity contribution is 5.89. The summed E-state index contributed by atoms with van der Waals surface area (Å²) in [5, 5.41) is 32.5. The van der Waals surface area contributed by atoms with E-state index >= 15 is 0 Å². The minimum Gasteiger partial charge on any atom is -0.387 e. The third kappa shape index (κ3) is 2.34. The van der Waals surface area contributed by atoms with Gasteiger partial charge in [0.1, 0.15) is 0 Å². The summed E-state index contributed by atoms with van der Waals surface area (Å²) in [6.07, 6.45) is 0. The second-order valence-electron chi connectivity index (χ2n) is 3.69. The van der Waals surface area contributed by atoms with E-state index in [4.69, 9.17) is 5.73 Å². The van der Waals surface area contributed by atoms with Crippen LogP contribution in [0.4, 0.5) is 28.4 Å². The largest absolute Gasteiger partial charge is 0.387 e. The molecule has 19 heavy (non-hydrogen) atoms. The van der Waals surface area contributed by atoms with Crippen molar-refractivity contribution in [3.05, 3.63) is 36.4 Å². The highest BCUT2D eigenvalue weighted by Gasteiger charge is 2.36. The van der Waals surface area contributed by atoms with Crippen molar-refractivity contribution in [2.75, 3.05) is 24.7 Å². The Labute approximate surface area is 105 Å². The maximum absolute atomic E-state index is 11.0. The molecule has 11 nitrogen and oxygen atoms in total. The van der Waals surface area contributed by atoms with Crippen molar-refractivity contribution in [1.82, 2.24) is 0 Å². The monoisotopic (exact) mass is 271 g/mol. The van der Waals surface area contributed by atoms with Crippen LogP contribution in [0, 0.1) is 30.3 Å². The molecule has 0 aliphatic heterocycles. The number of nitrogen functional groups attached to an aromatic ring is 1. The van der Waals surface area contributed by atoms with Gasteiger partial charge in [-0.15, -0.1) is 0 Å². The van der Waals surface area contributed by atoms with Crippen molar-refractivity contribution in [1.29, 1.82) is 0 Å². The quantitative estimate of drug-likeness (QED) is 0.483. The summed E-state index contributed by atoms with van der Waals surface area (Å²) < 4.78 is 0. The zero-order chi connectivity index (χ0) is 14.9. The molecule has 0 atom stereocenters. The van der Waals surface area contributed by atoms with Gasteiger partial charge in [-0.2, -0.15) is 0 Å². The first-order valence-electron chi connectivity index (χ1n) is 4.75. The Balaban J connectivity index is 3.89. The van der Waals surface area contributed by atoms with Gasteiger partial charge < -0.3 is 10.6 Å². The average Bonchev–Trinajstić information content (AvgIpc) is 2.26. The molecule has 0 spiro atoms. The highest BCUT2D eigenvalue weighted by Crippen LogP contribution is 2.45. The molecule has 0 radical (unpaired) electrons. The van der Waals surface area contributed by atoms with E-state index in [0.29, 0.717) is 6.07 Å². The second kappa shape index (κ2) is 4.72. The van der Waals surface area contributed by atoms with Crippen LogP contribution in [-0.2, 0) is 0 Å². The van der Waals surface area contributed by atoms with Crippen LogP contribution >= 0.6 is 0 Å². The van der Waals surface area contributed by atoms with Gasteiger partial charge in [0.2, 0.25) is 0 Å². The third-order valence-corrected chi connectivity index (χ3v) is 2.29. The molecule has 0 heterocycles. The SMILES string of the molecule is CN(C)c1c([N+](=O)[O-])cc([N+](=O)[O-])c(N)c1[N+](=O)[O-]. The van der Waals surface area contributed by atoms with Gasteiger partial charge in [-0.25, -0.2) is 0 Å². The van der Waals surface area contributed by atoms with E-state index < -0.39 is 43.2 Å². The summed E-state index contributed by atoms with van der Waals surface area (Å²) in [4.78, 5) is 30.7. The maximum Gasteiger partial charge on any atom is 0.329 e. The summed E-state index contributed by atoms with van der Waals surface area (Å²) >= 11 is 0. The lowest BCUT2D eigenvalue weighted by molar-refractivity contribution is -0.400. The molecule has 0 aliphatic rings. The minimum absolute atomic E-state index is 0.391. The van der Waals surface area contributed by atoms with E-state index in [1.165, 1.54) is 14.1 Å². The van der Waals surface area contributed by atoms with E-state index in [1.807, 2.05) is 0 Å². The fraction of sp³-hybridized carbons (Fsp3) is 0.250. The maximum atomic E-state index is 11.0. The van der Waals surface area contributed by atoms with E-state index in [-0.39, 0.29) is 0 Å². The Kier molecular flexibility index (Phi) is 3.50. The zero-order valence-electron chi connectivity index (χ0n) is 9.89. The Morgan fingerprint density at radius 1 is 1.00 bits per heavy atom. The summed E-state index contributed by atoms with van der Waals surface area (Å²) in [6.45, 7) is 0. The van der Waals surface area contributed by atoms with Crippen molar-refractivity contribution >= 4 is 28.4 Å². The summed E-state index contributed by atoms with van der Waals surface area (Å²) in [6, 6.07) is 0.609. The predicted octanol–water partition coefficient (Wildman–Crippen LogP) is 1.06. The lowest BCUT2D eigenvalue weighted by atomic mass is 10.1. The van der Waals surface area contributed by atoms with Gasteiger partial charge in [-0.3, -0.25) is 30.3 Å². The highest BCUT2D eigenvalue weighted by atomic mass is 16.6. The predicted molar refractivity (Wildman–Crippen MR) is 65.1 cm³/mol. The number of benzene rings is 1. The molecular formula is C8H9N5O6. The van der Waals surface area contributed by atoms with Crippen LogP contribution in [0.15, 0.2) is 6.07 Å². The van der Waals surface area contributed by atoms with E-state index in [2.05, 4.69) is 0 Å². The molecule has 0 bridgehead atoms. The van der Waals surface area contributed by atoms with Crippen LogP contribution in [0.5, 0.6) is 0 Å². The molecule has 1 aromatic carbocycles. The van der Waals surface area contributed by atoms with Crippen LogP contribution in [0.3, 0.4) is 0 Å². The Morgan fingerprint density at radius 3 is 1.79 bits per heavy atom. The van der Waals surface area contributed by atoms with Gasteiger partial charge in [-0.1, -0.05) is 0 Å². The van der Waals surface area contributed by atoms with Crippen LogP contribution in [0.2, 0.25) is 0 Å². The molecule has 0 saturated heterocycles. The second-order valence-corrected chi connectivity index (χ2v) is 3.69. The Bertz CT molecular complexity index is 583. The van der Waals surface area contributed by atoms with E-state index in [9.17, 15) is 30.3 Å². The van der Waals surface area contributed by atoms with Crippen LogP contribution in [-0.4, -0.2) is 28.9 Å². The van der Waals surface area contributed by atoms with Crippen LogP contribution < -0.4 is 10.6 Å². The molecule has 0 aliphatic carbocycles. The van der Waals surface area contributed by atoms with E-state index in [1.54, 1.807) is 0 Å². The van der Waals surface area contributed by atoms with Gasteiger partial charge in [0.15, 0.2) is 11.4 Å². The molecular weight excluding hydrogens is 262 g/mol. The minimum atomic E-state index is -1.01. The van der Waals surface area contributed by atoms with Crippen molar-refractivity contribution in [2.24, 2.45) is 0 Å². The molecule has 0 aromatic heterocycles. The number of nitro groups is 3. The summed E-state index contributed by atoms with van der Waals surface area (Å²) in [7, 11) is 2.67. The van der Waals surface area contributed by atoms with Gasteiger partial charge >= 0.3 is 17.1 Å².